The Hall–Kier alpha value is -1.86. The number of halogens is 1. The molecule has 0 atom stereocenters. The van der Waals surface area contributed by atoms with Crippen LogP contribution >= 0.6 is 15.9 Å². The Morgan fingerprint density at radius 3 is 2.67 bits per heavy atom. The van der Waals surface area contributed by atoms with E-state index in [0.29, 0.717) is 5.56 Å². The van der Waals surface area contributed by atoms with Crippen LogP contribution in [0.4, 0.5) is 0 Å². The number of hydrogen-bond acceptors (Lipinski definition) is 2. The lowest BCUT2D eigenvalue weighted by Gasteiger charge is -2.13. The first-order valence-corrected chi connectivity index (χ1v) is 6.23. The molecule has 2 rings (SSSR count). The average Bonchev–Trinajstić information content (AvgIpc) is 2.37. The summed E-state index contributed by atoms with van der Waals surface area (Å²) in [6.45, 7) is 0.0945. The van der Waals surface area contributed by atoms with Gasteiger partial charge < -0.3 is 4.90 Å². The van der Waals surface area contributed by atoms with Crippen molar-refractivity contribution in [3.05, 3.63) is 46.4 Å². The van der Waals surface area contributed by atoms with E-state index in [1.54, 1.807) is 13.1 Å². The van der Waals surface area contributed by atoms with Crippen molar-refractivity contribution in [1.29, 1.82) is 5.26 Å². The zero-order chi connectivity index (χ0) is 13.1. The van der Waals surface area contributed by atoms with Crippen molar-refractivity contribution in [1.82, 2.24) is 4.90 Å². The molecular formula is C14H11BrN2O. The van der Waals surface area contributed by atoms with Crippen LogP contribution < -0.4 is 0 Å². The van der Waals surface area contributed by atoms with Gasteiger partial charge in [0.2, 0.25) is 0 Å². The summed E-state index contributed by atoms with van der Waals surface area (Å²) < 4.78 is 1.01. The normalized spacial score (nSPS) is 10.1. The van der Waals surface area contributed by atoms with Gasteiger partial charge in [0, 0.05) is 17.1 Å². The van der Waals surface area contributed by atoms with E-state index in [9.17, 15) is 4.79 Å². The van der Waals surface area contributed by atoms with Gasteiger partial charge in [0.25, 0.3) is 5.91 Å². The van der Waals surface area contributed by atoms with E-state index in [1.807, 2.05) is 36.4 Å². The SMILES string of the molecule is CN(CC#N)C(=O)c1ccc2cc(Br)ccc2c1. The maximum Gasteiger partial charge on any atom is 0.254 e. The molecule has 0 unspecified atom stereocenters. The molecule has 0 heterocycles. The van der Waals surface area contributed by atoms with Crippen molar-refractivity contribution in [3.63, 3.8) is 0 Å². The number of rotatable bonds is 2. The molecule has 18 heavy (non-hydrogen) atoms. The molecule has 2 aromatic carbocycles. The van der Waals surface area contributed by atoms with Crippen molar-refractivity contribution in [2.45, 2.75) is 0 Å². The molecule has 0 spiro atoms. The van der Waals surface area contributed by atoms with Gasteiger partial charge in [0.05, 0.1) is 6.07 Å². The number of carbonyl (C=O) groups is 1. The highest BCUT2D eigenvalue weighted by Crippen LogP contribution is 2.21. The Bertz CT molecular complexity index is 646. The molecule has 0 bridgehead atoms. The van der Waals surface area contributed by atoms with Crippen LogP contribution in [-0.4, -0.2) is 24.4 Å². The second kappa shape index (κ2) is 5.19. The van der Waals surface area contributed by atoms with Crippen LogP contribution in [-0.2, 0) is 0 Å². The molecule has 0 fully saturated rings. The fraction of sp³-hybridized carbons (Fsp3) is 0.143. The zero-order valence-electron chi connectivity index (χ0n) is 9.85. The third-order valence-electron chi connectivity index (χ3n) is 2.70. The van der Waals surface area contributed by atoms with Gasteiger partial charge in [-0.3, -0.25) is 4.79 Å². The Labute approximate surface area is 114 Å². The average molecular weight is 303 g/mol. The summed E-state index contributed by atoms with van der Waals surface area (Å²) in [7, 11) is 1.62. The van der Waals surface area contributed by atoms with Crippen LogP contribution in [0.2, 0.25) is 0 Å². The van der Waals surface area contributed by atoms with E-state index < -0.39 is 0 Å². The molecule has 1 amide bonds. The van der Waals surface area contributed by atoms with Gasteiger partial charge in [0.1, 0.15) is 6.54 Å². The number of nitriles is 1. The number of nitrogens with zero attached hydrogens (tertiary/aromatic N) is 2. The smallest absolute Gasteiger partial charge is 0.254 e. The summed E-state index contributed by atoms with van der Waals surface area (Å²) >= 11 is 3.41. The first-order valence-electron chi connectivity index (χ1n) is 5.43. The largest absolute Gasteiger partial charge is 0.328 e. The fourth-order valence-corrected chi connectivity index (χ4v) is 2.13. The molecule has 0 radical (unpaired) electrons. The van der Waals surface area contributed by atoms with Gasteiger partial charge in [-0.05, 0) is 35.0 Å². The molecule has 4 heteroatoms. The number of fused-ring (bicyclic) bond motifs is 1. The highest BCUT2D eigenvalue weighted by atomic mass is 79.9. The van der Waals surface area contributed by atoms with E-state index in [0.717, 1.165) is 15.2 Å². The first kappa shape index (κ1) is 12.6. The minimum atomic E-state index is -0.138. The Morgan fingerprint density at radius 1 is 1.28 bits per heavy atom. The Balaban J connectivity index is 2.39. The van der Waals surface area contributed by atoms with Gasteiger partial charge in [-0.25, -0.2) is 0 Å². The molecule has 0 aliphatic rings. The van der Waals surface area contributed by atoms with Gasteiger partial charge in [-0.2, -0.15) is 5.26 Å². The molecule has 2 aromatic rings. The summed E-state index contributed by atoms with van der Waals surface area (Å²) in [5, 5.41) is 10.7. The predicted molar refractivity (Wildman–Crippen MR) is 74.2 cm³/mol. The number of hydrogen-bond donors (Lipinski definition) is 0. The summed E-state index contributed by atoms with van der Waals surface area (Å²) in [5.74, 6) is -0.138. The van der Waals surface area contributed by atoms with Gasteiger partial charge in [-0.1, -0.05) is 28.1 Å². The lowest BCUT2D eigenvalue weighted by atomic mass is 10.1. The van der Waals surface area contributed by atoms with Crippen molar-refractivity contribution in [2.24, 2.45) is 0 Å². The van der Waals surface area contributed by atoms with Crippen molar-refractivity contribution < 1.29 is 4.79 Å². The van der Waals surface area contributed by atoms with Gasteiger partial charge in [-0.15, -0.1) is 0 Å². The molecule has 0 aliphatic carbocycles. The standard InChI is InChI=1S/C14H11BrN2O/c1-17(7-6-16)14(18)12-3-2-11-9-13(15)5-4-10(11)8-12/h2-5,8-9H,7H2,1H3. The maximum atomic E-state index is 12.0. The second-order valence-electron chi connectivity index (χ2n) is 4.03. The number of amides is 1. The molecule has 0 saturated heterocycles. The third-order valence-corrected chi connectivity index (χ3v) is 3.20. The van der Waals surface area contributed by atoms with E-state index in [4.69, 9.17) is 5.26 Å². The second-order valence-corrected chi connectivity index (χ2v) is 4.94. The monoisotopic (exact) mass is 302 g/mol. The minimum absolute atomic E-state index is 0.0945. The molecule has 3 nitrogen and oxygen atoms in total. The molecule has 90 valence electrons. The summed E-state index contributed by atoms with van der Waals surface area (Å²) in [6, 6.07) is 13.4. The lowest BCUT2D eigenvalue weighted by Crippen LogP contribution is -2.26. The fourth-order valence-electron chi connectivity index (χ4n) is 1.75. The van der Waals surface area contributed by atoms with E-state index in [-0.39, 0.29) is 12.5 Å². The molecule has 0 N–H and O–H groups in total. The maximum absolute atomic E-state index is 12.0. The first-order chi connectivity index (χ1) is 8.61. The van der Waals surface area contributed by atoms with Gasteiger partial charge in [0.15, 0.2) is 0 Å². The summed E-state index contributed by atoms with van der Waals surface area (Å²) in [5.41, 5.74) is 0.600. The van der Waals surface area contributed by atoms with Crippen molar-refractivity contribution >= 4 is 32.6 Å². The van der Waals surface area contributed by atoms with Crippen LogP contribution in [0.15, 0.2) is 40.9 Å². The van der Waals surface area contributed by atoms with E-state index >= 15 is 0 Å². The zero-order valence-corrected chi connectivity index (χ0v) is 11.4. The van der Waals surface area contributed by atoms with E-state index in [1.165, 1.54) is 4.90 Å². The van der Waals surface area contributed by atoms with Crippen molar-refractivity contribution in [2.75, 3.05) is 13.6 Å². The lowest BCUT2D eigenvalue weighted by molar-refractivity contribution is 0.0812. The Kier molecular flexibility index (Phi) is 3.63. The highest BCUT2D eigenvalue weighted by molar-refractivity contribution is 9.10. The van der Waals surface area contributed by atoms with Crippen LogP contribution in [0.1, 0.15) is 10.4 Å². The molecular weight excluding hydrogens is 292 g/mol. The number of benzene rings is 2. The third kappa shape index (κ3) is 2.52. The summed E-state index contributed by atoms with van der Waals surface area (Å²) in [4.78, 5) is 13.4. The van der Waals surface area contributed by atoms with E-state index in [2.05, 4.69) is 15.9 Å². The number of carbonyl (C=O) groups excluding carboxylic acids is 1. The summed E-state index contributed by atoms with van der Waals surface area (Å²) in [6.07, 6.45) is 0. The molecule has 0 saturated carbocycles. The van der Waals surface area contributed by atoms with Gasteiger partial charge >= 0.3 is 0 Å². The predicted octanol–water partition coefficient (Wildman–Crippen LogP) is 3.20. The molecule has 0 aromatic heterocycles. The quantitative estimate of drug-likeness (QED) is 0.800. The van der Waals surface area contributed by atoms with Crippen LogP contribution in [0.5, 0.6) is 0 Å². The minimum Gasteiger partial charge on any atom is -0.328 e. The topological polar surface area (TPSA) is 44.1 Å². The van der Waals surface area contributed by atoms with Crippen LogP contribution in [0.3, 0.4) is 0 Å². The van der Waals surface area contributed by atoms with Crippen LogP contribution in [0, 0.1) is 11.3 Å². The van der Waals surface area contributed by atoms with Crippen molar-refractivity contribution in [3.8, 4) is 6.07 Å². The van der Waals surface area contributed by atoms with Crippen LogP contribution in [0.25, 0.3) is 10.8 Å². The highest BCUT2D eigenvalue weighted by Gasteiger charge is 2.11. The Morgan fingerprint density at radius 2 is 1.94 bits per heavy atom. The molecule has 0 aliphatic heterocycles.